The molecule has 0 unspecified atom stereocenters. The zero-order valence-electron chi connectivity index (χ0n) is 14.9. The molecule has 0 fully saturated rings. The number of benzene rings is 1. The number of aliphatic hydroxyl groups is 2. The highest BCUT2D eigenvalue weighted by Gasteiger charge is 2.10. The number of hydrogen-bond donors (Lipinski definition) is 3. The van der Waals surface area contributed by atoms with Crippen molar-refractivity contribution in [2.24, 2.45) is 0 Å². The second-order valence-electron chi connectivity index (χ2n) is 5.65. The van der Waals surface area contributed by atoms with Gasteiger partial charge >= 0.3 is 0 Å². The third kappa shape index (κ3) is 5.19. The SMILES string of the molecule is COc1cc2nccc(NCCCN(CCO)CCO)c2cc1OC. The fraction of sp³-hybridized carbons (Fsp3) is 0.500. The van der Waals surface area contributed by atoms with E-state index in [2.05, 4.69) is 10.3 Å². The van der Waals surface area contributed by atoms with Crippen molar-refractivity contribution in [3.8, 4) is 11.5 Å². The summed E-state index contributed by atoms with van der Waals surface area (Å²) in [6.07, 6.45) is 2.66. The van der Waals surface area contributed by atoms with Gasteiger partial charge in [0.25, 0.3) is 0 Å². The van der Waals surface area contributed by atoms with E-state index in [1.54, 1.807) is 20.4 Å². The van der Waals surface area contributed by atoms with E-state index in [9.17, 15) is 0 Å². The Balaban J connectivity index is 2.03. The number of aliphatic hydroxyl groups excluding tert-OH is 2. The standard InChI is InChI=1S/C18H27N3O4/c1-24-17-12-14-15(4-6-20-16(14)13-18(17)25-2)19-5-3-7-21(8-10-22)9-11-23/h4,6,12-13,22-23H,3,5,7-11H2,1-2H3,(H,19,20). The first-order valence-corrected chi connectivity index (χ1v) is 8.42. The van der Waals surface area contributed by atoms with Crippen molar-refractivity contribution >= 4 is 16.6 Å². The zero-order chi connectivity index (χ0) is 18.1. The summed E-state index contributed by atoms with van der Waals surface area (Å²) in [7, 11) is 3.22. The maximum absolute atomic E-state index is 9.04. The third-order valence-corrected chi connectivity index (χ3v) is 4.05. The molecule has 0 saturated carbocycles. The van der Waals surface area contributed by atoms with Gasteiger partial charge in [-0.3, -0.25) is 9.88 Å². The Bertz CT molecular complexity index is 660. The molecule has 0 aliphatic heterocycles. The van der Waals surface area contributed by atoms with E-state index in [0.717, 1.165) is 36.1 Å². The first kappa shape index (κ1) is 19.2. The minimum Gasteiger partial charge on any atom is -0.493 e. The van der Waals surface area contributed by atoms with Crippen LogP contribution in [0.25, 0.3) is 10.9 Å². The summed E-state index contributed by atoms with van der Waals surface area (Å²) in [4.78, 5) is 6.43. The number of nitrogens with one attached hydrogen (secondary N) is 1. The summed E-state index contributed by atoms with van der Waals surface area (Å²) in [6, 6.07) is 5.73. The van der Waals surface area contributed by atoms with Gasteiger partial charge in [-0.25, -0.2) is 0 Å². The fourth-order valence-corrected chi connectivity index (χ4v) is 2.77. The molecule has 0 atom stereocenters. The maximum Gasteiger partial charge on any atom is 0.162 e. The summed E-state index contributed by atoms with van der Waals surface area (Å²) in [5.74, 6) is 1.33. The molecule has 2 aromatic rings. The highest BCUT2D eigenvalue weighted by molar-refractivity contribution is 5.93. The van der Waals surface area contributed by atoms with E-state index in [-0.39, 0.29) is 13.2 Å². The molecule has 0 saturated heterocycles. The predicted octanol–water partition coefficient (Wildman–Crippen LogP) is 1.34. The molecule has 1 aromatic carbocycles. The van der Waals surface area contributed by atoms with Crippen molar-refractivity contribution in [3.63, 3.8) is 0 Å². The molecule has 1 heterocycles. The lowest BCUT2D eigenvalue weighted by Crippen LogP contribution is -2.31. The molecule has 0 radical (unpaired) electrons. The smallest absolute Gasteiger partial charge is 0.162 e. The molecular formula is C18H27N3O4. The van der Waals surface area contributed by atoms with Crippen LogP contribution in [-0.2, 0) is 0 Å². The number of methoxy groups -OCH3 is 2. The van der Waals surface area contributed by atoms with Gasteiger partial charge in [0.05, 0.1) is 33.0 Å². The largest absolute Gasteiger partial charge is 0.493 e. The Kier molecular flexibility index (Phi) is 7.72. The van der Waals surface area contributed by atoms with Crippen LogP contribution in [0.2, 0.25) is 0 Å². The van der Waals surface area contributed by atoms with Crippen molar-refractivity contribution in [3.05, 3.63) is 24.4 Å². The lowest BCUT2D eigenvalue weighted by molar-refractivity contribution is 0.161. The van der Waals surface area contributed by atoms with Crippen LogP contribution in [0, 0.1) is 0 Å². The first-order chi connectivity index (χ1) is 12.2. The highest BCUT2D eigenvalue weighted by atomic mass is 16.5. The minimum absolute atomic E-state index is 0.101. The van der Waals surface area contributed by atoms with Crippen LogP contribution in [0.4, 0.5) is 5.69 Å². The molecule has 138 valence electrons. The molecular weight excluding hydrogens is 322 g/mol. The number of hydrogen-bond acceptors (Lipinski definition) is 7. The normalized spacial score (nSPS) is 11.1. The number of nitrogens with zero attached hydrogens (tertiary/aromatic N) is 2. The van der Waals surface area contributed by atoms with Gasteiger partial charge in [-0.1, -0.05) is 0 Å². The van der Waals surface area contributed by atoms with Crippen LogP contribution in [0.3, 0.4) is 0 Å². The molecule has 7 nitrogen and oxygen atoms in total. The van der Waals surface area contributed by atoms with Crippen LogP contribution in [0.15, 0.2) is 24.4 Å². The van der Waals surface area contributed by atoms with Crippen LogP contribution in [0.1, 0.15) is 6.42 Å². The highest BCUT2D eigenvalue weighted by Crippen LogP contribution is 2.34. The number of ether oxygens (including phenoxy) is 2. The Morgan fingerprint density at radius 1 is 1.04 bits per heavy atom. The number of aromatic nitrogens is 1. The minimum atomic E-state index is 0.101. The molecule has 7 heteroatoms. The van der Waals surface area contributed by atoms with Crippen LogP contribution < -0.4 is 14.8 Å². The molecule has 0 bridgehead atoms. The van der Waals surface area contributed by atoms with E-state index in [1.807, 2.05) is 23.1 Å². The zero-order valence-corrected chi connectivity index (χ0v) is 14.9. The van der Waals surface area contributed by atoms with Gasteiger partial charge in [0.2, 0.25) is 0 Å². The summed E-state index contributed by atoms with van der Waals surface area (Å²) < 4.78 is 10.7. The Hall–Kier alpha value is -2.09. The van der Waals surface area contributed by atoms with Gasteiger partial charge in [0.15, 0.2) is 11.5 Å². The second kappa shape index (κ2) is 10.0. The molecule has 3 N–H and O–H groups in total. The fourth-order valence-electron chi connectivity index (χ4n) is 2.77. The quantitative estimate of drug-likeness (QED) is 0.528. The van der Waals surface area contributed by atoms with Gasteiger partial charge in [-0.05, 0) is 25.1 Å². The number of pyridine rings is 1. The number of fused-ring (bicyclic) bond motifs is 1. The van der Waals surface area contributed by atoms with Gasteiger partial charge < -0.3 is 25.0 Å². The van der Waals surface area contributed by atoms with Gasteiger partial charge in [0.1, 0.15) is 0 Å². The summed E-state index contributed by atoms with van der Waals surface area (Å²) in [5.41, 5.74) is 1.83. The van der Waals surface area contributed by atoms with E-state index in [4.69, 9.17) is 19.7 Å². The Morgan fingerprint density at radius 3 is 2.36 bits per heavy atom. The third-order valence-electron chi connectivity index (χ3n) is 4.05. The molecule has 0 spiro atoms. The Labute approximate surface area is 148 Å². The van der Waals surface area contributed by atoms with Gasteiger partial charge in [-0.2, -0.15) is 0 Å². The van der Waals surface area contributed by atoms with Crippen molar-refractivity contribution in [2.75, 3.05) is 58.9 Å². The summed E-state index contributed by atoms with van der Waals surface area (Å²) in [5, 5.41) is 22.5. The molecule has 0 amide bonds. The van der Waals surface area contributed by atoms with Crippen molar-refractivity contribution in [2.45, 2.75) is 6.42 Å². The van der Waals surface area contributed by atoms with E-state index in [1.165, 1.54) is 0 Å². The van der Waals surface area contributed by atoms with E-state index >= 15 is 0 Å². The van der Waals surface area contributed by atoms with Gasteiger partial charge in [0, 0.05) is 43.0 Å². The summed E-state index contributed by atoms with van der Waals surface area (Å²) >= 11 is 0. The first-order valence-electron chi connectivity index (χ1n) is 8.42. The molecule has 1 aromatic heterocycles. The summed E-state index contributed by atoms with van der Waals surface area (Å²) in [6.45, 7) is 2.95. The second-order valence-corrected chi connectivity index (χ2v) is 5.65. The molecule has 2 rings (SSSR count). The van der Waals surface area contributed by atoms with Crippen molar-refractivity contribution in [1.29, 1.82) is 0 Å². The molecule has 0 aliphatic rings. The van der Waals surface area contributed by atoms with Crippen molar-refractivity contribution in [1.82, 2.24) is 9.88 Å². The topological polar surface area (TPSA) is 87.1 Å². The van der Waals surface area contributed by atoms with Crippen molar-refractivity contribution < 1.29 is 19.7 Å². The number of rotatable bonds is 11. The number of anilines is 1. The monoisotopic (exact) mass is 349 g/mol. The Morgan fingerprint density at radius 2 is 1.72 bits per heavy atom. The van der Waals surface area contributed by atoms with Crippen LogP contribution >= 0.6 is 0 Å². The maximum atomic E-state index is 9.04. The average molecular weight is 349 g/mol. The molecule has 25 heavy (non-hydrogen) atoms. The van der Waals surface area contributed by atoms with E-state index < -0.39 is 0 Å². The van der Waals surface area contributed by atoms with Gasteiger partial charge in [-0.15, -0.1) is 0 Å². The van der Waals surface area contributed by atoms with Crippen LogP contribution in [-0.4, -0.2) is 73.7 Å². The average Bonchev–Trinajstić information content (AvgIpc) is 2.64. The van der Waals surface area contributed by atoms with E-state index in [0.29, 0.717) is 24.6 Å². The lowest BCUT2D eigenvalue weighted by Gasteiger charge is -2.20. The molecule has 0 aliphatic carbocycles. The lowest BCUT2D eigenvalue weighted by atomic mass is 10.1. The predicted molar refractivity (Wildman–Crippen MR) is 98.6 cm³/mol. The van der Waals surface area contributed by atoms with Crippen LogP contribution in [0.5, 0.6) is 11.5 Å².